The Morgan fingerprint density at radius 3 is 1.86 bits per heavy atom. The fourth-order valence-corrected chi connectivity index (χ4v) is 8.54. The fourth-order valence-electron chi connectivity index (χ4n) is 4.64. The van der Waals surface area contributed by atoms with Gasteiger partial charge in [-0.15, -0.1) is 0 Å². The highest BCUT2D eigenvalue weighted by molar-refractivity contribution is 7.07. The molecule has 8 heteroatoms. The van der Waals surface area contributed by atoms with Crippen molar-refractivity contribution in [1.82, 2.24) is 9.55 Å². The van der Waals surface area contributed by atoms with Crippen LogP contribution in [-0.2, 0) is 9.16 Å². The molecule has 0 bridgehead atoms. The molecule has 0 radical (unpaired) electrons. The van der Waals surface area contributed by atoms with Crippen molar-refractivity contribution < 1.29 is 13.6 Å². The lowest BCUT2D eigenvalue weighted by Crippen LogP contribution is -2.69. The van der Waals surface area contributed by atoms with Gasteiger partial charge in [0.15, 0.2) is 0 Å². The van der Waals surface area contributed by atoms with Gasteiger partial charge in [-0.05, 0) is 15.6 Å². The third-order valence-electron chi connectivity index (χ3n) is 6.33. The maximum atomic E-state index is 15.1. The highest BCUT2D eigenvalue weighted by atomic mass is 28.4. The molecule has 35 heavy (non-hydrogen) atoms. The van der Waals surface area contributed by atoms with Crippen molar-refractivity contribution in [3.63, 3.8) is 0 Å². The van der Waals surface area contributed by atoms with E-state index in [2.05, 4.69) is 41.4 Å². The third-order valence-corrected chi connectivity index (χ3v) is 10.4. The molecule has 5 rings (SSSR count). The van der Waals surface area contributed by atoms with Gasteiger partial charge in [-0.25, -0.2) is 9.18 Å². The second-order valence-corrected chi connectivity index (χ2v) is 11.9. The van der Waals surface area contributed by atoms with Crippen molar-refractivity contribution in [2.24, 2.45) is 0 Å². The zero-order valence-electron chi connectivity index (χ0n) is 18.9. The molecule has 3 atom stereocenters. The Bertz CT molecular complexity index is 1280. The Hall–Kier alpha value is -3.59. The summed E-state index contributed by atoms with van der Waals surface area (Å²) < 4.78 is 29.1. The van der Waals surface area contributed by atoms with Crippen molar-refractivity contribution in [2.45, 2.75) is 24.9 Å². The normalized spacial score (nSPS) is 20.1. The number of nitrogens with one attached hydrogen (secondary N) is 1. The quantitative estimate of drug-likeness (QED) is 0.318. The van der Waals surface area contributed by atoms with Crippen molar-refractivity contribution in [1.29, 1.82) is 0 Å². The molecule has 1 N–H and O–H groups in total. The van der Waals surface area contributed by atoms with Crippen LogP contribution in [-0.4, -0.2) is 36.8 Å². The predicted molar refractivity (Wildman–Crippen MR) is 135 cm³/mol. The summed E-state index contributed by atoms with van der Waals surface area (Å²) in [6.45, 7) is 0.0146. The molecule has 1 saturated heterocycles. The second kappa shape index (κ2) is 9.95. The van der Waals surface area contributed by atoms with E-state index in [1.54, 1.807) is 0 Å². The first-order chi connectivity index (χ1) is 17.1. The summed E-state index contributed by atoms with van der Waals surface area (Å²) in [4.78, 5) is 25.8. The Morgan fingerprint density at radius 1 is 0.857 bits per heavy atom. The number of ether oxygens (including phenoxy) is 1. The van der Waals surface area contributed by atoms with Crippen LogP contribution in [0, 0.1) is 0 Å². The lowest BCUT2D eigenvalue weighted by atomic mass is 10.2. The van der Waals surface area contributed by atoms with Crippen LogP contribution in [0.5, 0.6) is 0 Å². The molecule has 178 valence electrons. The van der Waals surface area contributed by atoms with Gasteiger partial charge in [-0.2, -0.15) is 0 Å². The predicted octanol–water partition coefficient (Wildman–Crippen LogP) is 1.85. The molecule has 6 nitrogen and oxygen atoms in total. The third kappa shape index (κ3) is 4.55. The van der Waals surface area contributed by atoms with Crippen LogP contribution in [0.3, 0.4) is 0 Å². The van der Waals surface area contributed by atoms with Crippen LogP contribution in [0.1, 0.15) is 12.6 Å². The lowest BCUT2D eigenvalue weighted by molar-refractivity contribution is -0.0313. The maximum Gasteiger partial charge on any atom is 0.330 e. The molecule has 1 aliphatic heterocycles. The van der Waals surface area contributed by atoms with Crippen molar-refractivity contribution in [3.05, 3.63) is 124 Å². The molecule has 0 saturated carbocycles. The molecule has 2 heterocycles. The van der Waals surface area contributed by atoms with Gasteiger partial charge in [0.05, 0.1) is 6.61 Å². The highest BCUT2D eigenvalue weighted by Gasteiger charge is 2.45. The number of halogens is 1. The number of aromatic amines is 1. The van der Waals surface area contributed by atoms with Crippen molar-refractivity contribution in [2.75, 3.05) is 6.61 Å². The van der Waals surface area contributed by atoms with E-state index in [1.165, 1.54) is 16.8 Å². The van der Waals surface area contributed by atoms with Crippen molar-refractivity contribution >= 4 is 23.9 Å². The molecular formula is C27H25FN2O4Si. The molecule has 0 amide bonds. The van der Waals surface area contributed by atoms with E-state index in [9.17, 15) is 9.59 Å². The van der Waals surface area contributed by atoms with E-state index in [-0.39, 0.29) is 13.0 Å². The summed E-state index contributed by atoms with van der Waals surface area (Å²) >= 11 is 0. The number of rotatable bonds is 7. The van der Waals surface area contributed by atoms with E-state index in [1.807, 2.05) is 54.6 Å². The Balaban J connectivity index is 1.50. The van der Waals surface area contributed by atoms with Gasteiger partial charge in [0.25, 0.3) is 13.9 Å². The zero-order valence-corrected chi connectivity index (χ0v) is 19.9. The second-order valence-electron chi connectivity index (χ2n) is 8.49. The molecule has 1 fully saturated rings. The van der Waals surface area contributed by atoms with Crippen LogP contribution in [0.2, 0.25) is 0 Å². The van der Waals surface area contributed by atoms with Gasteiger partial charge < -0.3 is 9.16 Å². The van der Waals surface area contributed by atoms with Gasteiger partial charge in [0.2, 0.25) is 0 Å². The molecule has 0 spiro atoms. The van der Waals surface area contributed by atoms with E-state index in [4.69, 9.17) is 9.16 Å². The molecule has 4 aromatic rings. The number of alkyl halides is 1. The van der Waals surface area contributed by atoms with Gasteiger partial charge >= 0.3 is 5.69 Å². The van der Waals surface area contributed by atoms with Crippen molar-refractivity contribution in [3.8, 4) is 0 Å². The smallest absolute Gasteiger partial charge is 0.330 e. The molecular weight excluding hydrogens is 463 g/mol. The molecule has 1 aliphatic rings. The first kappa shape index (κ1) is 23.2. The molecule has 0 aliphatic carbocycles. The fraction of sp³-hybridized carbons (Fsp3) is 0.185. The summed E-state index contributed by atoms with van der Waals surface area (Å²) in [6, 6.07) is 31.3. The van der Waals surface area contributed by atoms with E-state index in [0.29, 0.717) is 0 Å². The highest BCUT2D eigenvalue weighted by Crippen LogP contribution is 2.30. The average Bonchev–Trinajstić information content (AvgIpc) is 3.26. The van der Waals surface area contributed by atoms with E-state index in [0.717, 1.165) is 15.6 Å². The topological polar surface area (TPSA) is 73.3 Å². The summed E-state index contributed by atoms with van der Waals surface area (Å²) in [5.74, 6) is 0. The lowest BCUT2D eigenvalue weighted by Gasteiger charge is -2.34. The van der Waals surface area contributed by atoms with Crippen LogP contribution in [0.15, 0.2) is 113 Å². The Kier molecular flexibility index (Phi) is 6.58. The van der Waals surface area contributed by atoms with Crippen LogP contribution < -0.4 is 26.8 Å². The summed E-state index contributed by atoms with van der Waals surface area (Å²) in [5, 5.41) is 3.12. The summed E-state index contributed by atoms with van der Waals surface area (Å²) in [7, 11) is -3.00. The number of hydrogen-bond acceptors (Lipinski definition) is 4. The standard InChI is InChI=1S/C27H25FN2O4Si/c28-23-18-26(30-17-16-25(31)29-27(30)32)34-24(23)19-33-35(20-10-4-1-5-11-20,21-12-6-2-7-13-21)22-14-8-3-9-15-22/h1-17,23-24,26H,18-19H2,(H,29,31,32)/t23-,24-,26-/m1/s1. The minimum Gasteiger partial charge on any atom is -0.401 e. The Labute approximate surface area is 202 Å². The number of hydrogen-bond donors (Lipinski definition) is 1. The maximum absolute atomic E-state index is 15.1. The minimum atomic E-state index is -3.00. The number of benzene rings is 3. The molecule has 1 aromatic heterocycles. The monoisotopic (exact) mass is 488 g/mol. The van der Waals surface area contributed by atoms with Gasteiger partial charge in [-0.3, -0.25) is 14.3 Å². The minimum absolute atomic E-state index is 0.00343. The SMILES string of the molecule is O=c1ccn([C@H]2C[C@@H](F)[C@@H](CO[Si](c3ccccc3)(c3ccccc3)c3ccccc3)O2)c(=O)[nH]1. The molecule has 0 unspecified atom stereocenters. The zero-order chi connectivity index (χ0) is 24.3. The van der Waals surface area contributed by atoms with E-state index >= 15 is 4.39 Å². The Morgan fingerprint density at radius 2 is 1.37 bits per heavy atom. The van der Waals surface area contributed by atoms with Crippen LogP contribution in [0.4, 0.5) is 4.39 Å². The first-order valence-electron chi connectivity index (χ1n) is 11.5. The molecule has 3 aromatic carbocycles. The van der Waals surface area contributed by atoms with Gasteiger partial charge in [0, 0.05) is 18.7 Å². The number of nitrogens with zero attached hydrogens (tertiary/aromatic N) is 1. The number of aromatic nitrogens is 2. The average molecular weight is 489 g/mol. The summed E-state index contributed by atoms with van der Waals surface area (Å²) in [6.07, 6.45) is -1.67. The largest absolute Gasteiger partial charge is 0.401 e. The number of H-pyrrole nitrogens is 1. The first-order valence-corrected chi connectivity index (χ1v) is 13.4. The summed E-state index contributed by atoms with van der Waals surface area (Å²) in [5.41, 5.74) is -1.14. The van der Waals surface area contributed by atoms with Crippen LogP contribution >= 0.6 is 0 Å². The van der Waals surface area contributed by atoms with Gasteiger partial charge in [-0.1, -0.05) is 91.0 Å². The van der Waals surface area contributed by atoms with Gasteiger partial charge in [0.1, 0.15) is 18.5 Å². The van der Waals surface area contributed by atoms with Crippen LogP contribution in [0.25, 0.3) is 0 Å². The van der Waals surface area contributed by atoms with E-state index < -0.39 is 38.1 Å².